The second kappa shape index (κ2) is 6.10. The third-order valence-electron chi connectivity index (χ3n) is 4.17. The molecule has 0 radical (unpaired) electrons. The van der Waals surface area contributed by atoms with E-state index < -0.39 is 0 Å². The molecule has 1 aliphatic heterocycles. The number of thioether (sulfide) groups is 1. The lowest BCUT2D eigenvalue weighted by Crippen LogP contribution is -2.49. The predicted octanol–water partition coefficient (Wildman–Crippen LogP) is 2.95. The monoisotopic (exact) mass is 297 g/mol. The normalized spacial score (nSPS) is 29.1. The van der Waals surface area contributed by atoms with Gasteiger partial charge in [-0.15, -0.1) is 11.8 Å². The lowest BCUT2D eigenvalue weighted by atomic mass is 9.89. The average molecular weight is 297 g/mol. The molecule has 2 heterocycles. The van der Waals surface area contributed by atoms with Gasteiger partial charge in [-0.2, -0.15) is 0 Å². The highest BCUT2D eigenvalue weighted by Crippen LogP contribution is 2.43. The minimum Gasteiger partial charge on any atom is -0.468 e. The smallest absolute Gasteiger partial charge is 0.169 e. The van der Waals surface area contributed by atoms with Crippen molar-refractivity contribution < 1.29 is 13.9 Å². The number of hydrogen-bond donors (Lipinski definition) is 1. The van der Waals surface area contributed by atoms with E-state index in [2.05, 4.69) is 18.3 Å². The summed E-state index contributed by atoms with van der Waals surface area (Å²) in [6, 6.07) is 2.57. The van der Waals surface area contributed by atoms with Gasteiger partial charge < -0.3 is 19.2 Å². The van der Waals surface area contributed by atoms with Crippen molar-refractivity contribution in [1.82, 2.24) is 5.32 Å². The van der Waals surface area contributed by atoms with Gasteiger partial charge in [0, 0.05) is 29.0 Å². The molecular weight excluding hydrogens is 274 g/mol. The molecular formula is C15H23NO3S. The average Bonchev–Trinajstić information content (AvgIpc) is 3.04. The summed E-state index contributed by atoms with van der Waals surface area (Å²) in [5, 5.41) is 4.07. The second-order valence-electron chi connectivity index (χ2n) is 5.51. The fourth-order valence-corrected chi connectivity index (χ4v) is 4.56. The maximum atomic E-state index is 5.90. The molecule has 0 aromatic carbocycles. The Kier molecular flexibility index (Phi) is 4.40. The molecule has 3 rings (SSSR count). The largest absolute Gasteiger partial charge is 0.468 e. The maximum absolute atomic E-state index is 5.90. The second-order valence-corrected chi connectivity index (χ2v) is 6.79. The topological polar surface area (TPSA) is 43.6 Å². The number of furan rings is 1. The van der Waals surface area contributed by atoms with Crippen LogP contribution in [0.25, 0.3) is 0 Å². The Bertz CT molecular complexity index is 442. The molecule has 20 heavy (non-hydrogen) atoms. The van der Waals surface area contributed by atoms with E-state index in [9.17, 15) is 0 Å². The van der Waals surface area contributed by atoms with Crippen LogP contribution in [0.3, 0.4) is 0 Å². The van der Waals surface area contributed by atoms with Gasteiger partial charge >= 0.3 is 0 Å². The zero-order valence-electron chi connectivity index (χ0n) is 12.2. The number of aryl methyl sites for hydroxylation is 1. The summed E-state index contributed by atoms with van der Waals surface area (Å²) in [6.07, 6.45) is 4.80. The van der Waals surface area contributed by atoms with Crippen LogP contribution in [0.15, 0.2) is 21.6 Å². The minimum absolute atomic E-state index is 0.332. The van der Waals surface area contributed by atoms with Crippen molar-refractivity contribution >= 4 is 11.8 Å². The van der Waals surface area contributed by atoms with Crippen LogP contribution in [0, 0.1) is 6.92 Å². The molecule has 2 unspecified atom stereocenters. The van der Waals surface area contributed by atoms with Crippen molar-refractivity contribution in [3.8, 4) is 0 Å². The molecule has 2 fully saturated rings. The molecule has 112 valence electrons. The van der Waals surface area contributed by atoms with Crippen molar-refractivity contribution in [3.05, 3.63) is 18.1 Å². The van der Waals surface area contributed by atoms with Gasteiger partial charge in [-0.1, -0.05) is 6.92 Å². The van der Waals surface area contributed by atoms with Crippen LogP contribution in [0.4, 0.5) is 0 Å². The van der Waals surface area contributed by atoms with Crippen LogP contribution in [0.1, 0.15) is 31.9 Å². The summed E-state index contributed by atoms with van der Waals surface area (Å²) < 4.78 is 17.2. The van der Waals surface area contributed by atoms with Crippen molar-refractivity contribution in [2.45, 2.75) is 55.1 Å². The molecule has 1 aromatic heterocycles. The standard InChI is InChI=1S/C15H23NO3S/c1-3-16-12-4-6-15(18-8-9-19-15)10-14(12)20-13-5-7-17-11(13)2/h5,7,12,14,16H,3-4,6,8-10H2,1-2H3. The summed E-state index contributed by atoms with van der Waals surface area (Å²) in [4.78, 5) is 1.23. The first-order chi connectivity index (χ1) is 9.72. The van der Waals surface area contributed by atoms with E-state index >= 15 is 0 Å². The van der Waals surface area contributed by atoms with Gasteiger partial charge in [0.15, 0.2) is 5.79 Å². The molecule has 1 aromatic rings. The summed E-state index contributed by atoms with van der Waals surface area (Å²) in [5.74, 6) is 0.666. The zero-order valence-corrected chi connectivity index (χ0v) is 13.0. The SMILES string of the molecule is CCNC1CCC2(CC1Sc1ccoc1C)OCCO2. The van der Waals surface area contributed by atoms with E-state index in [0.717, 1.165) is 44.8 Å². The number of ether oxygens (including phenoxy) is 2. The van der Waals surface area contributed by atoms with E-state index in [1.807, 2.05) is 18.7 Å². The molecule has 0 bridgehead atoms. The summed E-state index contributed by atoms with van der Waals surface area (Å²) in [7, 11) is 0. The van der Waals surface area contributed by atoms with E-state index in [4.69, 9.17) is 13.9 Å². The first-order valence-corrected chi connectivity index (χ1v) is 8.32. The molecule has 0 amide bonds. The van der Waals surface area contributed by atoms with Crippen LogP contribution < -0.4 is 5.32 Å². The zero-order chi connectivity index (χ0) is 14.0. The van der Waals surface area contributed by atoms with E-state index in [0.29, 0.717) is 11.3 Å². The highest BCUT2D eigenvalue weighted by molar-refractivity contribution is 8.00. The Morgan fingerprint density at radius 1 is 1.40 bits per heavy atom. The van der Waals surface area contributed by atoms with E-state index in [-0.39, 0.29) is 5.79 Å². The number of hydrogen-bond acceptors (Lipinski definition) is 5. The predicted molar refractivity (Wildman–Crippen MR) is 79.0 cm³/mol. The highest BCUT2D eigenvalue weighted by Gasteiger charge is 2.45. The quantitative estimate of drug-likeness (QED) is 0.925. The van der Waals surface area contributed by atoms with Crippen LogP contribution in [0.5, 0.6) is 0 Å². The lowest BCUT2D eigenvalue weighted by Gasteiger charge is -2.41. The van der Waals surface area contributed by atoms with E-state index in [1.165, 1.54) is 4.90 Å². The molecule has 1 spiro atoms. The maximum Gasteiger partial charge on any atom is 0.169 e. The molecule has 1 saturated heterocycles. The van der Waals surface area contributed by atoms with Crippen LogP contribution in [-0.2, 0) is 9.47 Å². The summed E-state index contributed by atoms with van der Waals surface area (Å²) >= 11 is 1.89. The number of nitrogens with one attached hydrogen (secondary N) is 1. The molecule has 5 heteroatoms. The van der Waals surface area contributed by atoms with Crippen LogP contribution in [0.2, 0.25) is 0 Å². The highest BCUT2D eigenvalue weighted by atomic mass is 32.2. The van der Waals surface area contributed by atoms with Gasteiger partial charge in [0.1, 0.15) is 5.76 Å². The fraction of sp³-hybridized carbons (Fsp3) is 0.733. The van der Waals surface area contributed by atoms with Crippen molar-refractivity contribution in [2.24, 2.45) is 0 Å². The Morgan fingerprint density at radius 3 is 2.85 bits per heavy atom. The van der Waals surface area contributed by atoms with E-state index in [1.54, 1.807) is 6.26 Å². The fourth-order valence-electron chi connectivity index (χ4n) is 3.15. The summed E-state index contributed by atoms with van der Waals surface area (Å²) in [5.41, 5.74) is 0. The van der Waals surface area contributed by atoms with Gasteiger partial charge in [-0.3, -0.25) is 0 Å². The minimum atomic E-state index is -0.332. The third-order valence-corrected chi connectivity index (χ3v) is 5.64. The molecule has 2 atom stereocenters. The Hall–Kier alpha value is -0.490. The van der Waals surface area contributed by atoms with Crippen LogP contribution >= 0.6 is 11.8 Å². The van der Waals surface area contributed by atoms with Gasteiger partial charge in [0.2, 0.25) is 0 Å². The van der Waals surface area contributed by atoms with Gasteiger partial charge in [-0.25, -0.2) is 0 Å². The molecule has 1 N–H and O–H groups in total. The molecule has 4 nitrogen and oxygen atoms in total. The van der Waals surface area contributed by atoms with Crippen LogP contribution in [-0.4, -0.2) is 36.8 Å². The Balaban J connectivity index is 1.73. The Labute approximate surface area is 124 Å². The first kappa shape index (κ1) is 14.4. The number of rotatable bonds is 4. The molecule has 1 saturated carbocycles. The van der Waals surface area contributed by atoms with Gasteiger partial charge in [0.05, 0.1) is 19.5 Å². The Morgan fingerprint density at radius 2 is 2.20 bits per heavy atom. The van der Waals surface area contributed by atoms with Gasteiger partial charge in [0.25, 0.3) is 0 Å². The molecule has 2 aliphatic rings. The molecule has 1 aliphatic carbocycles. The lowest BCUT2D eigenvalue weighted by molar-refractivity contribution is -0.178. The van der Waals surface area contributed by atoms with Crippen molar-refractivity contribution in [1.29, 1.82) is 0 Å². The van der Waals surface area contributed by atoms with Gasteiger partial charge in [-0.05, 0) is 26.0 Å². The first-order valence-electron chi connectivity index (χ1n) is 7.44. The van der Waals surface area contributed by atoms with Crippen molar-refractivity contribution in [2.75, 3.05) is 19.8 Å². The van der Waals surface area contributed by atoms with Crippen molar-refractivity contribution in [3.63, 3.8) is 0 Å². The summed E-state index contributed by atoms with van der Waals surface area (Å²) in [6.45, 7) is 6.65. The third kappa shape index (κ3) is 2.91.